The number of methoxy groups -OCH3 is 2. The molecule has 25 heavy (non-hydrogen) atoms. The molecule has 2 aromatic rings. The van der Waals surface area contributed by atoms with Crippen LogP contribution in [0.2, 0.25) is 0 Å². The molecule has 0 saturated carbocycles. The Hall–Kier alpha value is -1.78. The lowest BCUT2D eigenvalue weighted by molar-refractivity contribution is 0.356. The van der Waals surface area contributed by atoms with Gasteiger partial charge in [0.2, 0.25) is 5.95 Å². The zero-order chi connectivity index (χ0) is 14.8. The van der Waals surface area contributed by atoms with E-state index < -0.39 is 0 Å². The Labute approximate surface area is 158 Å². The Morgan fingerprint density at radius 1 is 1.00 bits per heavy atom. The monoisotopic (exact) mass is 397 g/mol. The Kier molecular flexibility index (Phi) is 11.2. The first-order chi connectivity index (χ1) is 10.2. The second kappa shape index (κ2) is 11.0. The number of rotatable bonds is 3. The summed E-state index contributed by atoms with van der Waals surface area (Å²) in [6.07, 6.45) is 0. The SMILES string of the molecule is COc1cc2nc(N3CCNCC3)nc(N)c2cc1OC.Cl.Cl.O.O. The molecular formula is C14H25Cl2N5O4. The number of nitrogens with two attached hydrogens (primary N) is 1. The van der Waals surface area contributed by atoms with Gasteiger partial charge in [0.15, 0.2) is 11.5 Å². The van der Waals surface area contributed by atoms with Gasteiger partial charge in [-0.15, -0.1) is 24.8 Å². The summed E-state index contributed by atoms with van der Waals surface area (Å²) >= 11 is 0. The molecule has 0 amide bonds. The largest absolute Gasteiger partial charge is 0.493 e. The van der Waals surface area contributed by atoms with Gasteiger partial charge in [0.1, 0.15) is 5.82 Å². The molecule has 1 aromatic heterocycles. The zero-order valence-corrected chi connectivity index (χ0v) is 15.7. The second-order valence-electron chi connectivity index (χ2n) is 4.87. The topological polar surface area (TPSA) is 149 Å². The number of hydrogen-bond acceptors (Lipinski definition) is 7. The number of anilines is 2. The van der Waals surface area contributed by atoms with Gasteiger partial charge in [-0.2, -0.15) is 4.98 Å². The van der Waals surface area contributed by atoms with Gasteiger partial charge >= 0.3 is 0 Å². The normalized spacial score (nSPS) is 12.8. The smallest absolute Gasteiger partial charge is 0.227 e. The van der Waals surface area contributed by atoms with Crippen LogP contribution >= 0.6 is 24.8 Å². The maximum Gasteiger partial charge on any atom is 0.227 e. The van der Waals surface area contributed by atoms with Crippen LogP contribution in [0.25, 0.3) is 10.9 Å². The Balaban J connectivity index is 0. The van der Waals surface area contributed by atoms with Crippen molar-refractivity contribution in [3.8, 4) is 11.5 Å². The van der Waals surface area contributed by atoms with Crippen LogP contribution in [0.4, 0.5) is 11.8 Å². The van der Waals surface area contributed by atoms with Crippen molar-refractivity contribution in [3.05, 3.63) is 12.1 Å². The van der Waals surface area contributed by atoms with Crippen LogP contribution in [0, 0.1) is 0 Å². The molecule has 144 valence electrons. The van der Waals surface area contributed by atoms with Crippen molar-refractivity contribution in [3.63, 3.8) is 0 Å². The first kappa shape index (κ1) is 25.5. The highest BCUT2D eigenvalue weighted by atomic mass is 35.5. The highest BCUT2D eigenvalue weighted by molar-refractivity contribution is 5.91. The molecule has 2 heterocycles. The summed E-state index contributed by atoms with van der Waals surface area (Å²) < 4.78 is 10.6. The third-order valence-corrected chi connectivity index (χ3v) is 3.62. The molecule has 1 aliphatic heterocycles. The molecule has 0 radical (unpaired) electrons. The summed E-state index contributed by atoms with van der Waals surface area (Å²) in [5, 5.41) is 4.07. The lowest BCUT2D eigenvalue weighted by atomic mass is 10.2. The van der Waals surface area contributed by atoms with E-state index in [1.807, 2.05) is 12.1 Å². The van der Waals surface area contributed by atoms with Crippen LogP contribution in [0.1, 0.15) is 0 Å². The molecule has 7 N–H and O–H groups in total. The highest BCUT2D eigenvalue weighted by Crippen LogP contribution is 2.34. The number of nitrogens with zero attached hydrogens (tertiary/aromatic N) is 3. The minimum Gasteiger partial charge on any atom is -0.493 e. The van der Waals surface area contributed by atoms with Crippen LogP contribution in [0.3, 0.4) is 0 Å². The van der Waals surface area contributed by atoms with Crippen molar-refractivity contribution in [1.29, 1.82) is 0 Å². The summed E-state index contributed by atoms with van der Waals surface area (Å²) in [5.41, 5.74) is 6.85. The summed E-state index contributed by atoms with van der Waals surface area (Å²) in [6, 6.07) is 3.64. The van der Waals surface area contributed by atoms with E-state index in [-0.39, 0.29) is 35.8 Å². The van der Waals surface area contributed by atoms with Crippen molar-refractivity contribution >= 4 is 47.5 Å². The molecule has 1 saturated heterocycles. The van der Waals surface area contributed by atoms with Gasteiger partial charge < -0.3 is 36.4 Å². The van der Waals surface area contributed by atoms with E-state index in [9.17, 15) is 0 Å². The molecule has 9 nitrogen and oxygen atoms in total. The lowest BCUT2D eigenvalue weighted by Gasteiger charge is -2.27. The number of fused-ring (bicyclic) bond motifs is 1. The van der Waals surface area contributed by atoms with Gasteiger partial charge in [-0.05, 0) is 6.07 Å². The average Bonchev–Trinajstić information content (AvgIpc) is 2.54. The molecule has 0 bridgehead atoms. The zero-order valence-electron chi connectivity index (χ0n) is 14.0. The third kappa shape index (κ3) is 5.10. The van der Waals surface area contributed by atoms with Crippen molar-refractivity contribution < 1.29 is 20.4 Å². The van der Waals surface area contributed by atoms with E-state index in [0.717, 1.165) is 37.1 Å². The quantitative estimate of drug-likeness (QED) is 0.729. The molecule has 0 atom stereocenters. The Bertz CT molecular complexity index is 671. The van der Waals surface area contributed by atoms with Crippen LogP contribution in [-0.2, 0) is 0 Å². The van der Waals surface area contributed by atoms with Crippen molar-refractivity contribution in [2.75, 3.05) is 51.0 Å². The number of aromatic nitrogens is 2. The van der Waals surface area contributed by atoms with Crippen molar-refractivity contribution in [2.24, 2.45) is 0 Å². The number of nitrogens with one attached hydrogen (secondary N) is 1. The average molecular weight is 398 g/mol. The summed E-state index contributed by atoms with van der Waals surface area (Å²) in [4.78, 5) is 11.2. The molecule has 0 unspecified atom stereocenters. The van der Waals surface area contributed by atoms with Gasteiger partial charge in [0.25, 0.3) is 0 Å². The minimum absolute atomic E-state index is 0. The number of nitrogen functional groups attached to an aromatic ring is 1. The predicted octanol–water partition coefficient (Wildman–Crippen LogP) is -0.167. The maximum absolute atomic E-state index is 6.09. The molecule has 1 fully saturated rings. The molecular weight excluding hydrogens is 373 g/mol. The van der Waals surface area contributed by atoms with Gasteiger partial charge in [-0.1, -0.05) is 0 Å². The summed E-state index contributed by atoms with van der Waals surface area (Å²) in [7, 11) is 3.20. The molecule has 0 spiro atoms. The van der Waals surface area contributed by atoms with Gasteiger partial charge in [0.05, 0.1) is 19.7 Å². The number of benzene rings is 1. The maximum atomic E-state index is 6.09. The highest BCUT2D eigenvalue weighted by Gasteiger charge is 2.17. The first-order valence-corrected chi connectivity index (χ1v) is 6.88. The third-order valence-electron chi connectivity index (χ3n) is 3.62. The molecule has 0 aliphatic carbocycles. The van der Waals surface area contributed by atoms with E-state index in [2.05, 4.69) is 20.2 Å². The molecule has 11 heteroatoms. The predicted molar refractivity (Wildman–Crippen MR) is 104 cm³/mol. The Morgan fingerprint density at radius 2 is 1.56 bits per heavy atom. The summed E-state index contributed by atoms with van der Waals surface area (Å²) in [6.45, 7) is 3.59. The van der Waals surface area contributed by atoms with Crippen molar-refractivity contribution in [2.45, 2.75) is 0 Å². The van der Waals surface area contributed by atoms with Gasteiger partial charge in [-0.3, -0.25) is 0 Å². The number of ether oxygens (including phenoxy) is 2. The van der Waals surface area contributed by atoms with Crippen molar-refractivity contribution in [1.82, 2.24) is 15.3 Å². The van der Waals surface area contributed by atoms with E-state index in [0.29, 0.717) is 23.3 Å². The van der Waals surface area contributed by atoms with E-state index >= 15 is 0 Å². The molecule has 1 aromatic carbocycles. The number of piperazine rings is 1. The number of hydrogen-bond donors (Lipinski definition) is 2. The van der Waals surface area contributed by atoms with Crippen LogP contribution in [0.15, 0.2) is 12.1 Å². The first-order valence-electron chi connectivity index (χ1n) is 6.88. The van der Waals surface area contributed by atoms with Crippen LogP contribution in [-0.4, -0.2) is 61.3 Å². The lowest BCUT2D eigenvalue weighted by Crippen LogP contribution is -2.44. The molecule has 3 rings (SSSR count). The van der Waals surface area contributed by atoms with E-state index in [1.54, 1.807) is 14.2 Å². The minimum atomic E-state index is 0. The van der Waals surface area contributed by atoms with Crippen LogP contribution < -0.4 is 25.4 Å². The van der Waals surface area contributed by atoms with Gasteiger partial charge in [0, 0.05) is 37.6 Å². The Morgan fingerprint density at radius 3 is 2.12 bits per heavy atom. The second-order valence-corrected chi connectivity index (χ2v) is 4.87. The fourth-order valence-corrected chi connectivity index (χ4v) is 2.47. The van der Waals surface area contributed by atoms with E-state index in [1.165, 1.54) is 0 Å². The number of halogens is 2. The molecule has 1 aliphatic rings. The summed E-state index contributed by atoms with van der Waals surface area (Å²) in [5.74, 6) is 2.37. The fraction of sp³-hybridized carbons (Fsp3) is 0.429. The van der Waals surface area contributed by atoms with E-state index in [4.69, 9.17) is 15.2 Å². The fourth-order valence-electron chi connectivity index (χ4n) is 2.47. The van der Waals surface area contributed by atoms with Gasteiger partial charge in [-0.25, -0.2) is 4.98 Å². The standard InChI is InChI=1S/C14H19N5O2.2ClH.2H2O/c1-20-11-7-9-10(8-12(11)21-2)17-14(18-13(9)15)19-5-3-16-4-6-19;;;;/h7-8,16H,3-6H2,1-2H3,(H2,15,17,18);2*1H;2*1H2. The van der Waals surface area contributed by atoms with Crippen LogP contribution in [0.5, 0.6) is 11.5 Å².